The van der Waals surface area contributed by atoms with Crippen LogP contribution in [0.3, 0.4) is 0 Å². The van der Waals surface area contributed by atoms with E-state index in [4.69, 9.17) is 0 Å². The third-order valence-electron chi connectivity index (χ3n) is 2.26. The zero-order valence-corrected chi connectivity index (χ0v) is 10.3. The Labute approximate surface area is 100 Å². The summed E-state index contributed by atoms with van der Waals surface area (Å²) in [7, 11) is 5.73. The Bertz CT molecular complexity index is 490. The van der Waals surface area contributed by atoms with E-state index in [1.165, 1.54) is 0 Å². The van der Waals surface area contributed by atoms with Gasteiger partial charge in [0.15, 0.2) is 0 Å². The van der Waals surface area contributed by atoms with Gasteiger partial charge in [-0.25, -0.2) is 4.98 Å². The second-order valence-corrected chi connectivity index (χ2v) is 3.97. The summed E-state index contributed by atoms with van der Waals surface area (Å²) in [4.78, 5) is 10.4. The minimum Gasteiger partial charge on any atom is -0.364 e. The summed E-state index contributed by atoms with van der Waals surface area (Å²) in [6.45, 7) is 0.657. The number of hydrogen-bond donors (Lipinski definition) is 1. The maximum Gasteiger partial charge on any atom is 0.226 e. The first-order chi connectivity index (χ1) is 8.15. The van der Waals surface area contributed by atoms with Crippen molar-refractivity contribution in [3.05, 3.63) is 30.2 Å². The summed E-state index contributed by atoms with van der Waals surface area (Å²) in [5, 5.41) is 7.50. The molecule has 2 aromatic heterocycles. The number of rotatable bonds is 4. The summed E-state index contributed by atoms with van der Waals surface area (Å²) in [5.41, 5.74) is 0.984. The molecule has 0 saturated heterocycles. The minimum atomic E-state index is 0.657. The van der Waals surface area contributed by atoms with E-state index in [1.54, 1.807) is 10.9 Å². The Morgan fingerprint density at radius 2 is 2.18 bits per heavy atom. The van der Waals surface area contributed by atoms with E-state index >= 15 is 0 Å². The molecule has 2 aromatic rings. The average molecular weight is 232 g/mol. The third kappa shape index (κ3) is 2.93. The van der Waals surface area contributed by atoms with Crippen molar-refractivity contribution in [2.45, 2.75) is 6.54 Å². The first kappa shape index (κ1) is 11.4. The van der Waals surface area contributed by atoms with Gasteiger partial charge in [-0.05, 0) is 12.1 Å². The van der Waals surface area contributed by atoms with Crippen LogP contribution in [0, 0.1) is 0 Å². The molecule has 0 saturated carbocycles. The zero-order valence-electron chi connectivity index (χ0n) is 10.3. The highest BCUT2D eigenvalue weighted by Crippen LogP contribution is 2.08. The Morgan fingerprint density at radius 3 is 2.82 bits per heavy atom. The van der Waals surface area contributed by atoms with Crippen molar-refractivity contribution in [3.63, 3.8) is 0 Å². The van der Waals surface area contributed by atoms with Gasteiger partial charge >= 0.3 is 0 Å². The van der Waals surface area contributed by atoms with Crippen LogP contribution in [0.2, 0.25) is 0 Å². The van der Waals surface area contributed by atoms with Gasteiger partial charge in [-0.15, -0.1) is 0 Å². The lowest BCUT2D eigenvalue weighted by molar-refractivity contribution is 0.747. The Morgan fingerprint density at radius 1 is 1.35 bits per heavy atom. The largest absolute Gasteiger partial charge is 0.364 e. The summed E-state index contributed by atoms with van der Waals surface area (Å²) in [5.74, 6) is 1.49. The Kier molecular flexibility index (Phi) is 3.22. The Balaban J connectivity index is 2.01. The van der Waals surface area contributed by atoms with Gasteiger partial charge < -0.3 is 10.2 Å². The van der Waals surface area contributed by atoms with Gasteiger partial charge in [0, 0.05) is 33.5 Å². The molecule has 1 N–H and O–H groups in total. The molecule has 0 aliphatic rings. The fourth-order valence-electron chi connectivity index (χ4n) is 1.40. The summed E-state index contributed by atoms with van der Waals surface area (Å²) in [6.07, 6.45) is 3.66. The average Bonchev–Trinajstić information content (AvgIpc) is 2.73. The van der Waals surface area contributed by atoms with Gasteiger partial charge in [-0.3, -0.25) is 4.68 Å². The number of aryl methyl sites for hydroxylation is 1. The van der Waals surface area contributed by atoms with Gasteiger partial charge in [0.05, 0.1) is 12.2 Å². The number of aromatic nitrogens is 4. The van der Waals surface area contributed by atoms with Crippen molar-refractivity contribution < 1.29 is 0 Å². The standard InChI is InChI=1S/C11H16N6/c1-16(2)11-12-6-4-10(14-11)13-8-9-5-7-17(3)15-9/h4-7H,8H2,1-3H3,(H,12,13,14). The summed E-state index contributed by atoms with van der Waals surface area (Å²) >= 11 is 0. The molecule has 90 valence electrons. The highest BCUT2D eigenvalue weighted by atomic mass is 15.3. The van der Waals surface area contributed by atoms with Crippen molar-refractivity contribution in [2.24, 2.45) is 7.05 Å². The summed E-state index contributed by atoms with van der Waals surface area (Å²) in [6, 6.07) is 3.82. The lowest BCUT2D eigenvalue weighted by Gasteiger charge is -2.11. The monoisotopic (exact) mass is 232 g/mol. The van der Waals surface area contributed by atoms with Crippen LogP contribution in [0.4, 0.5) is 11.8 Å². The van der Waals surface area contributed by atoms with Gasteiger partial charge in [0.2, 0.25) is 5.95 Å². The molecule has 17 heavy (non-hydrogen) atoms. The quantitative estimate of drug-likeness (QED) is 0.848. The van der Waals surface area contributed by atoms with Crippen LogP contribution in [-0.4, -0.2) is 33.8 Å². The van der Waals surface area contributed by atoms with Crippen molar-refractivity contribution >= 4 is 11.8 Å². The third-order valence-corrected chi connectivity index (χ3v) is 2.26. The van der Waals surface area contributed by atoms with E-state index in [0.717, 1.165) is 11.5 Å². The molecule has 6 nitrogen and oxygen atoms in total. The van der Waals surface area contributed by atoms with E-state index in [0.29, 0.717) is 12.5 Å². The first-order valence-corrected chi connectivity index (χ1v) is 5.38. The second kappa shape index (κ2) is 4.82. The van der Waals surface area contributed by atoms with Crippen LogP contribution in [0.15, 0.2) is 24.5 Å². The molecule has 0 aromatic carbocycles. The maximum absolute atomic E-state index is 4.36. The molecule has 0 amide bonds. The fraction of sp³-hybridized carbons (Fsp3) is 0.364. The lowest BCUT2D eigenvalue weighted by Crippen LogP contribution is -2.13. The number of hydrogen-bond acceptors (Lipinski definition) is 5. The molecule has 0 unspecified atom stereocenters. The zero-order chi connectivity index (χ0) is 12.3. The van der Waals surface area contributed by atoms with Crippen LogP contribution in [-0.2, 0) is 13.6 Å². The topological polar surface area (TPSA) is 58.9 Å². The molecule has 2 heterocycles. The normalized spacial score (nSPS) is 10.3. The molecular weight excluding hydrogens is 216 g/mol. The van der Waals surface area contributed by atoms with Crippen LogP contribution < -0.4 is 10.2 Å². The molecule has 0 spiro atoms. The highest BCUT2D eigenvalue weighted by molar-refractivity contribution is 5.40. The van der Waals surface area contributed by atoms with Crippen molar-refractivity contribution in [1.82, 2.24) is 19.7 Å². The molecule has 2 rings (SSSR count). The van der Waals surface area contributed by atoms with Crippen LogP contribution in [0.5, 0.6) is 0 Å². The predicted octanol–water partition coefficient (Wildman–Crippen LogP) is 0.888. The molecule has 0 bridgehead atoms. The molecule has 0 radical (unpaired) electrons. The predicted molar refractivity (Wildman–Crippen MR) is 66.9 cm³/mol. The van der Waals surface area contributed by atoms with Crippen molar-refractivity contribution in [1.29, 1.82) is 0 Å². The molecule has 0 aliphatic carbocycles. The maximum atomic E-state index is 4.36. The number of nitrogens with zero attached hydrogens (tertiary/aromatic N) is 5. The van der Waals surface area contributed by atoms with E-state index in [1.807, 2.05) is 44.4 Å². The van der Waals surface area contributed by atoms with E-state index in [2.05, 4.69) is 20.4 Å². The molecule has 6 heteroatoms. The Hall–Kier alpha value is -2.11. The van der Waals surface area contributed by atoms with Gasteiger partial charge in [-0.2, -0.15) is 10.1 Å². The van der Waals surface area contributed by atoms with Gasteiger partial charge in [0.1, 0.15) is 5.82 Å². The lowest BCUT2D eigenvalue weighted by atomic mass is 10.4. The highest BCUT2D eigenvalue weighted by Gasteiger charge is 2.01. The van der Waals surface area contributed by atoms with Gasteiger partial charge in [0.25, 0.3) is 0 Å². The van der Waals surface area contributed by atoms with Crippen molar-refractivity contribution in [2.75, 3.05) is 24.3 Å². The SMILES string of the molecule is CN(C)c1nccc(NCc2ccn(C)n2)n1. The van der Waals surface area contributed by atoms with Gasteiger partial charge in [-0.1, -0.05) is 0 Å². The van der Waals surface area contributed by atoms with E-state index in [9.17, 15) is 0 Å². The fourth-order valence-corrected chi connectivity index (χ4v) is 1.40. The van der Waals surface area contributed by atoms with E-state index < -0.39 is 0 Å². The minimum absolute atomic E-state index is 0.657. The van der Waals surface area contributed by atoms with Crippen molar-refractivity contribution in [3.8, 4) is 0 Å². The molecular formula is C11H16N6. The molecule has 0 aliphatic heterocycles. The van der Waals surface area contributed by atoms with Crippen LogP contribution in [0.25, 0.3) is 0 Å². The second-order valence-electron chi connectivity index (χ2n) is 3.97. The van der Waals surface area contributed by atoms with E-state index in [-0.39, 0.29) is 0 Å². The van der Waals surface area contributed by atoms with Crippen LogP contribution >= 0.6 is 0 Å². The smallest absolute Gasteiger partial charge is 0.226 e. The molecule has 0 fully saturated rings. The number of anilines is 2. The summed E-state index contributed by atoms with van der Waals surface area (Å²) < 4.78 is 1.78. The van der Waals surface area contributed by atoms with Crippen LogP contribution in [0.1, 0.15) is 5.69 Å². The molecule has 0 atom stereocenters. The number of nitrogens with one attached hydrogen (secondary N) is 1. The first-order valence-electron chi connectivity index (χ1n) is 5.38.